The van der Waals surface area contributed by atoms with Crippen LogP contribution in [0.2, 0.25) is 0 Å². The number of carbonyl (C=O) groups is 1. The highest BCUT2D eigenvalue weighted by Gasteiger charge is 2.27. The van der Waals surface area contributed by atoms with Crippen molar-refractivity contribution in [2.24, 2.45) is 0 Å². The van der Waals surface area contributed by atoms with Crippen molar-refractivity contribution < 1.29 is 27.4 Å². The number of ether oxygens (including phenoxy) is 3. The summed E-state index contributed by atoms with van der Waals surface area (Å²) in [6.45, 7) is 4.03. The number of hydrogen-bond acceptors (Lipinski definition) is 7. The standard InChI is InChI=1S/C24H29N3O6S/c1-3-27-21-10-9-19(34(29,30)26-12-14-32-15-13-26)16-20(21)25-23(27)17-33-24(28)11-8-18-6-4-5-7-22(18)31-2/h4-7,9-10,16H,3,8,11-15,17H2,1-2H3. The van der Waals surface area contributed by atoms with Crippen LogP contribution >= 0.6 is 0 Å². The van der Waals surface area contributed by atoms with E-state index in [1.54, 1.807) is 25.3 Å². The maximum atomic E-state index is 13.0. The molecule has 0 amide bonds. The summed E-state index contributed by atoms with van der Waals surface area (Å²) >= 11 is 0. The van der Waals surface area contributed by atoms with Gasteiger partial charge in [-0.3, -0.25) is 4.79 Å². The van der Waals surface area contributed by atoms with Crippen LogP contribution in [0.5, 0.6) is 5.75 Å². The van der Waals surface area contributed by atoms with Crippen molar-refractivity contribution in [1.29, 1.82) is 0 Å². The van der Waals surface area contributed by atoms with Crippen LogP contribution in [-0.2, 0) is 43.9 Å². The molecular weight excluding hydrogens is 458 g/mol. The van der Waals surface area contributed by atoms with E-state index in [1.165, 1.54) is 4.31 Å². The number of methoxy groups -OCH3 is 1. The molecule has 1 aromatic heterocycles. The third-order valence-corrected chi connectivity index (χ3v) is 7.77. The molecular formula is C24H29N3O6S. The lowest BCUT2D eigenvalue weighted by Gasteiger charge is -2.26. The SMILES string of the molecule is CCn1c(COC(=O)CCc2ccccc2OC)nc2cc(S(=O)(=O)N3CCOCC3)ccc21. The Hall–Kier alpha value is -2.95. The number of hydrogen-bond donors (Lipinski definition) is 0. The number of aromatic nitrogens is 2. The van der Waals surface area contributed by atoms with Gasteiger partial charge in [0.25, 0.3) is 0 Å². The molecule has 2 heterocycles. The fourth-order valence-corrected chi connectivity index (χ4v) is 5.51. The molecule has 9 nitrogen and oxygen atoms in total. The molecule has 2 aromatic carbocycles. The number of para-hydroxylation sites is 1. The van der Waals surface area contributed by atoms with Gasteiger partial charge in [0.15, 0.2) is 0 Å². The number of imidazole rings is 1. The average molecular weight is 488 g/mol. The van der Waals surface area contributed by atoms with Gasteiger partial charge in [0.05, 0.1) is 36.3 Å². The zero-order valence-electron chi connectivity index (χ0n) is 19.4. The first-order chi connectivity index (χ1) is 16.4. The van der Waals surface area contributed by atoms with E-state index in [1.807, 2.05) is 35.8 Å². The van der Waals surface area contributed by atoms with E-state index in [0.29, 0.717) is 50.6 Å². The molecule has 0 saturated carbocycles. The van der Waals surface area contributed by atoms with Crippen molar-refractivity contribution in [1.82, 2.24) is 13.9 Å². The van der Waals surface area contributed by atoms with Crippen LogP contribution in [-0.4, -0.2) is 61.7 Å². The quantitative estimate of drug-likeness (QED) is 0.428. The predicted molar refractivity (Wildman–Crippen MR) is 126 cm³/mol. The molecule has 1 fully saturated rings. The lowest BCUT2D eigenvalue weighted by molar-refractivity contribution is -0.145. The zero-order valence-corrected chi connectivity index (χ0v) is 20.2. The van der Waals surface area contributed by atoms with Gasteiger partial charge >= 0.3 is 5.97 Å². The second kappa shape index (κ2) is 10.5. The lowest BCUT2D eigenvalue weighted by atomic mass is 10.1. The lowest BCUT2D eigenvalue weighted by Crippen LogP contribution is -2.40. The molecule has 182 valence electrons. The van der Waals surface area contributed by atoms with E-state index in [2.05, 4.69) is 4.98 Å². The van der Waals surface area contributed by atoms with Crippen LogP contribution in [0.4, 0.5) is 0 Å². The minimum Gasteiger partial charge on any atom is -0.496 e. The Labute approximate surface area is 199 Å². The Bertz CT molecular complexity index is 1260. The minimum absolute atomic E-state index is 0.0127. The molecule has 10 heteroatoms. The summed E-state index contributed by atoms with van der Waals surface area (Å²) in [6.07, 6.45) is 0.727. The van der Waals surface area contributed by atoms with E-state index in [-0.39, 0.29) is 23.9 Å². The van der Waals surface area contributed by atoms with Crippen molar-refractivity contribution >= 4 is 27.0 Å². The fraction of sp³-hybridized carbons (Fsp3) is 0.417. The van der Waals surface area contributed by atoms with E-state index < -0.39 is 10.0 Å². The molecule has 0 atom stereocenters. The number of carbonyl (C=O) groups excluding carboxylic acids is 1. The number of sulfonamides is 1. The van der Waals surface area contributed by atoms with E-state index in [0.717, 1.165) is 16.8 Å². The van der Waals surface area contributed by atoms with Gasteiger partial charge in [-0.05, 0) is 43.2 Å². The Morgan fingerprint density at radius 2 is 1.91 bits per heavy atom. The first-order valence-electron chi connectivity index (χ1n) is 11.3. The molecule has 0 N–H and O–H groups in total. The molecule has 1 saturated heterocycles. The van der Waals surface area contributed by atoms with Crippen LogP contribution in [0.25, 0.3) is 11.0 Å². The molecule has 0 spiro atoms. The summed E-state index contributed by atoms with van der Waals surface area (Å²) in [7, 11) is -2.02. The van der Waals surface area contributed by atoms with Crippen molar-refractivity contribution in [3.8, 4) is 5.75 Å². The Balaban J connectivity index is 1.46. The minimum atomic E-state index is -3.62. The second-order valence-corrected chi connectivity index (χ2v) is 9.85. The largest absolute Gasteiger partial charge is 0.496 e. The summed E-state index contributed by atoms with van der Waals surface area (Å²) in [5.74, 6) is 0.978. The molecule has 1 aliphatic heterocycles. The van der Waals surface area contributed by atoms with E-state index in [9.17, 15) is 13.2 Å². The Morgan fingerprint density at radius 3 is 2.65 bits per heavy atom. The van der Waals surface area contributed by atoms with Gasteiger partial charge in [-0.15, -0.1) is 0 Å². The van der Waals surface area contributed by atoms with Crippen LogP contribution in [0, 0.1) is 0 Å². The highest BCUT2D eigenvalue weighted by atomic mass is 32.2. The van der Waals surface area contributed by atoms with Crippen molar-refractivity contribution in [3.05, 3.63) is 53.9 Å². The third kappa shape index (κ3) is 5.08. The molecule has 3 aromatic rings. The number of morpholine rings is 1. The van der Waals surface area contributed by atoms with Gasteiger partial charge in [0.2, 0.25) is 10.0 Å². The van der Waals surface area contributed by atoms with Gasteiger partial charge < -0.3 is 18.8 Å². The number of fused-ring (bicyclic) bond motifs is 1. The molecule has 34 heavy (non-hydrogen) atoms. The number of benzene rings is 2. The van der Waals surface area contributed by atoms with Crippen LogP contribution < -0.4 is 4.74 Å². The molecule has 0 aliphatic carbocycles. The highest BCUT2D eigenvalue weighted by Crippen LogP contribution is 2.24. The Kier molecular flexibility index (Phi) is 7.50. The first kappa shape index (κ1) is 24.2. The van der Waals surface area contributed by atoms with Crippen LogP contribution in [0.15, 0.2) is 47.4 Å². The van der Waals surface area contributed by atoms with Gasteiger partial charge in [-0.2, -0.15) is 4.31 Å². The highest BCUT2D eigenvalue weighted by molar-refractivity contribution is 7.89. The monoisotopic (exact) mass is 487 g/mol. The molecule has 0 unspecified atom stereocenters. The number of rotatable bonds is 9. The maximum absolute atomic E-state index is 13.0. The van der Waals surface area contributed by atoms with Gasteiger partial charge in [0, 0.05) is 26.1 Å². The summed E-state index contributed by atoms with van der Waals surface area (Å²) < 4.78 is 45.4. The maximum Gasteiger partial charge on any atom is 0.306 e. The molecule has 4 rings (SSSR count). The van der Waals surface area contributed by atoms with Crippen molar-refractivity contribution in [3.63, 3.8) is 0 Å². The Morgan fingerprint density at radius 1 is 1.15 bits per heavy atom. The topological polar surface area (TPSA) is 100.0 Å². The summed E-state index contributed by atoms with van der Waals surface area (Å²) in [5, 5.41) is 0. The molecule has 1 aliphatic rings. The summed E-state index contributed by atoms with van der Waals surface area (Å²) in [4.78, 5) is 17.1. The third-order valence-electron chi connectivity index (χ3n) is 5.88. The van der Waals surface area contributed by atoms with E-state index >= 15 is 0 Å². The second-order valence-electron chi connectivity index (χ2n) is 7.91. The van der Waals surface area contributed by atoms with Crippen LogP contribution in [0.1, 0.15) is 24.7 Å². The van der Waals surface area contributed by atoms with E-state index in [4.69, 9.17) is 14.2 Å². The normalized spacial score (nSPS) is 14.9. The van der Waals surface area contributed by atoms with Crippen molar-refractivity contribution in [2.75, 3.05) is 33.4 Å². The number of nitrogens with zero attached hydrogens (tertiary/aromatic N) is 3. The zero-order chi connectivity index (χ0) is 24.1. The fourth-order valence-electron chi connectivity index (χ4n) is 4.08. The predicted octanol–water partition coefficient (Wildman–Crippen LogP) is 2.76. The van der Waals surface area contributed by atoms with Crippen LogP contribution in [0.3, 0.4) is 0 Å². The number of esters is 1. The van der Waals surface area contributed by atoms with Crippen molar-refractivity contribution in [2.45, 2.75) is 37.8 Å². The van der Waals surface area contributed by atoms with Gasteiger partial charge in [-0.25, -0.2) is 13.4 Å². The smallest absolute Gasteiger partial charge is 0.306 e. The summed E-state index contributed by atoms with van der Waals surface area (Å²) in [5.41, 5.74) is 2.29. The van der Waals surface area contributed by atoms with Gasteiger partial charge in [0.1, 0.15) is 18.2 Å². The average Bonchev–Trinajstić information content (AvgIpc) is 3.23. The first-order valence-corrected chi connectivity index (χ1v) is 12.7. The molecule has 0 radical (unpaired) electrons. The summed E-state index contributed by atoms with van der Waals surface area (Å²) in [6, 6.07) is 12.5. The number of aryl methyl sites for hydroxylation is 2. The molecule has 0 bridgehead atoms. The van der Waals surface area contributed by atoms with Gasteiger partial charge in [-0.1, -0.05) is 18.2 Å².